The fourth-order valence-corrected chi connectivity index (χ4v) is 3.76. The molecule has 2 aromatic carbocycles. The van der Waals surface area contributed by atoms with E-state index in [1.54, 1.807) is 11.0 Å². The molecule has 1 fully saturated rings. The molecule has 152 valence electrons. The number of nitrogens with one attached hydrogen (secondary N) is 2. The van der Waals surface area contributed by atoms with Gasteiger partial charge in [0.05, 0.1) is 12.5 Å². The molecular weight excluding hydrogens is 434 g/mol. The Hall–Kier alpha value is -2.67. The van der Waals surface area contributed by atoms with Crippen LogP contribution in [0.1, 0.15) is 23.1 Å². The molecule has 0 aromatic heterocycles. The number of likely N-dealkylation sites (tertiary alicyclic amines) is 1. The van der Waals surface area contributed by atoms with Crippen molar-refractivity contribution in [3.05, 3.63) is 63.6 Å². The highest BCUT2D eigenvalue weighted by molar-refractivity contribution is 9.10. The van der Waals surface area contributed by atoms with Gasteiger partial charge in [-0.15, -0.1) is 0 Å². The summed E-state index contributed by atoms with van der Waals surface area (Å²) in [5.41, 5.74) is 3.82. The zero-order valence-electron chi connectivity index (χ0n) is 16.5. The van der Waals surface area contributed by atoms with Crippen LogP contribution in [-0.4, -0.2) is 35.7 Å². The van der Waals surface area contributed by atoms with Crippen molar-refractivity contribution in [3.63, 3.8) is 0 Å². The Bertz CT molecular complexity index is 927. The van der Waals surface area contributed by atoms with Crippen molar-refractivity contribution in [1.82, 2.24) is 10.2 Å². The highest BCUT2D eigenvalue weighted by Crippen LogP contribution is 2.21. The summed E-state index contributed by atoms with van der Waals surface area (Å²) in [6.07, 6.45) is 0.172. The highest BCUT2D eigenvalue weighted by atomic mass is 79.9. The zero-order valence-corrected chi connectivity index (χ0v) is 18.1. The summed E-state index contributed by atoms with van der Waals surface area (Å²) in [6, 6.07) is 13.5. The van der Waals surface area contributed by atoms with Crippen LogP contribution in [0.5, 0.6) is 0 Å². The quantitative estimate of drug-likeness (QED) is 0.698. The van der Waals surface area contributed by atoms with E-state index in [0.717, 1.165) is 21.2 Å². The number of aryl methyl sites for hydroxylation is 2. The molecule has 1 aliphatic heterocycles. The summed E-state index contributed by atoms with van der Waals surface area (Å²) >= 11 is 3.38. The maximum Gasteiger partial charge on any atom is 0.243 e. The van der Waals surface area contributed by atoms with Crippen molar-refractivity contribution < 1.29 is 14.4 Å². The number of carbonyl (C=O) groups excluding carboxylic acids is 3. The summed E-state index contributed by atoms with van der Waals surface area (Å²) in [5.74, 6) is -1.05. The normalized spacial score (nSPS) is 16.0. The first-order valence-corrected chi connectivity index (χ1v) is 10.3. The fraction of sp³-hybridized carbons (Fsp3) is 0.318. The Morgan fingerprint density at radius 2 is 1.86 bits per heavy atom. The van der Waals surface area contributed by atoms with Crippen LogP contribution in [0.25, 0.3) is 0 Å². The monoisotopic (exact) mass is 457 g/mol. The van der Waals surface area contributed by atoms with Gasteiger partial charge < -0.3 is 15.5 Å². The topological polar surface area (TPSA) is 78.5 Å². The van der Waals surface area contributed by atoms with Gasteiger partial charge in [-0.2, -0.15) is 0 Å². The van der Waals surface area contributed by atoms with Crippen LogP contribution in [0.3, 0.4) is 0 Å². The van der Waals surface area contributed by atoms with Gasteiger partial charge in [0.1, 0.15) is 0 Å². The molecule has 29 heavy (non-hydrogen) atoms. The molecule has 2 aromatic rings. The Morgan fingerprint density at radius 1 is 1.14 bits per heavy atom. The molecule has 0 bridgehead atoms. The molecule has 3 rings (SSSR count). The van der Waals surface area contributed by atoms with Gasteiger partial charge in [0, 0.05) is 29.7 Å². The third-order valence-electron chi connectivity index (χ3n) is 4.97. The van der Waals surface area contributed by atoms with Crippen LogP contribution in [0.4, 0.5) is 5.69 Å². The second-order valence-corrected chi connectivity index (χ2v) is 8.30. The van der Waals surface area contributed by atoms with E-state index < -0.39 is 5.92 Å². The molecule has 1 aliphatic rings. The van der Waals surface area contributed by atoms with Crippen LogP contribution < -0.4 is 10.6 Å². The number of nitrogens with zero attached hydrogens (tertiary/aromatic N) is 1. The lowest BCUT2D eigenvalue weighted by molar-refractivity contribution is -0.129. The van der Waals surface area contributed by atoms with E-state index in [1.807, 2.05) is 50.2 Å². The van der Waals surface area contributed by atoms with Crippen LogP contribution >= 0.6 is 15.9 Å². The molecule has 0 unspecified atom stereocenters. The lowest BCUT2D eigenvalue weighted by atomic mass is 10.1. The van der Waals surface area contributed by atoms with Gasteiger partial charge in [0.2, 0.25) is 17.7 Å². The zero-order chi connectivity index (χ0) is 21.0. The minimum atomic E-state index is -0.435. The first-order valence-electron chi connectivity index (χ1n) is 9.49. The van der Waals surface area contributed by atoms with Crippen LogP contribution in [-0.2, 0) is 20.9 Å². The van der Waals surface area contributed by atoms with Gasteiger partial charge in [-0.25, -0.2) is 0 Å². The first kappa shape index (κ1) is 21.0. The van der Waals surface area contributed by atoms with Gasteiger partial charge in [-0.05, 0) is 43.2 Å². The molecule has 7 heteroatoms. The number of anilines is 1. The van der Waals surface area contributed by atoms with Gasteiger partial charge >= 0.3 is 0 Å². The molecule has 6 nitrogen and oxygen atoms in total. The second-order valence-electron chi connectivity index (χ2n) is 7.39. The van der Waals surface area contributed by atoms with Crippen LogP contribution in [0, 0.1) is 19.8 Å². The Kier molecular flexibility index (Phi) is 6.69. The number of benzene rings is 2. The molecule has 1 heterocycles. The van der Waals surface area contributed by atoms with Crippen LogP contribution in [0.15, 0.2) is 46.9 Å². The molecule has 1 atom stereocenters. The minimum absolute atomic E-state index is 0.0411. The van der Waals surface area contributed by atoms with E-state index in [1.165, 1.54) is 0 Å². The predicted octanol–water partition coefficient (Wildman–Crippen LogP) is 3.17. The van der Waals surface area contributed by atoms with Crippen LogP contribution in [0.2, 0.25) is 0 Å². The van der Waals surface area contributed by atoms with Crippen molar-refractivity contribution in [3.8, 4) is 0 Å². The average molecular weight is 458 g/mol. The molecule has 0 spiro atoms. The van der Waals surface area contributed by atoms with Gasteiger partial charge in [0.25, 0.3) is 0 Å². The number of hydrogen-bond acceptors (Lipinski definition) is 3. The molecule has 1 saturated heterocycles. The smallest absolute Gasteiger partial charge is 0.243 e. The average Bonchev–Trinajstić information content (AvgIpc) is 3.04. The Morgan fingerprint density at radius 3 is 2.55 bits per heavy atom. The second kappa shape index (κ2) is 9.22. The van der Waals surface area contributed by atoms with Gasteiger partial charge in [-0.1, -0.05) is 45.8 Å². The Balaban J connectivity index is 1.48. The standard InChI is InChI=1S/C22H24BrN3O3/c1-14-3-5-16(6-4-14)12-26-13-17(10-21(26)28)22(29)24-11-20(27)25-19-8-7-18(23)9-15(19)2/h3-9,17H,10-13H2,1-2H3,(H,24,29)(H,25,27)/t17-/m1/s1. The summed E-state index contributed by atoms with van der Waals surface area (Å²) in [6.45, 7) is 4.64. The van der Waals surface area contributed by atoms with E-state index in [9.17, 15) is 14.4 Å². The van der Waals surface area contributed by atoms with Crippen molar-refractivity contribution in [2.45, 2.75) is 26.8 Å². The summed E-state index contributed by atoms with van der Waals surface area (Å²) < 4.78 is 0.933. The SMILES string of the molecule is Cc1ccc(CN2C[C@H](C(=O)NCC(=O)Nc3ccc(Br)cc3C)CC2=O)cc1. The highest BCUT2D eigenvalue weighted by Gasteiger charge is 2.34. The number of rotatable bonds is 6. The number of amides is 3. The maximum atomic E-state index is 12.4. The van der Waals surface area contributed by atoms with Crippen molar-refractivity contribution in [1.29, 1.82) is 0 Å². The van der Waals surface area contributed by atoms with Crippen molar-refractivity contribution in [2.75, 3.05) is 18.4 Å². The third-order valence-corrected chi connectivity index (χ3v) is 5.46. The summed E-state index contributed by atoms with van der Waals surface area (Å²) in [5, 5.41) is 5.44. The molecule has 0 radical (unpaired) electrons. The molecule has 3 amide bonds. The molecule has 2 N–H and O–H groups in total. The lowest BCUT2D eigenvalue weighted by Gasteiger charge is -2.17. The minimum Gasteiger partial charge on any atom is -0.347 e. The molecule has 0 aliphatic carbocycles. The molecular formula is C22H24BrN3O3. The number of halogens is 1. The van der Waals surface area contributed by atoms with Crippen molar-refractivity contribution >= 4 is 39.3 Å². The maximum absolute atomic E-state index is 12.4. The first-order chi connectivity index (χ1) is 13.8. The lowest BCUT2D eigenvalue weighted by Crippen LogP contribution is -2.37. The van der Waals surface area contributed by atoms with E-state index in [-0.39, 0.29) is 30.7 Å². The summed E-state index contributed by atoms with van der Waals surface area (Å²) in [7, 11) is 0. The largest absolute Gasteiger partial charge is 0.347 e. The fourth-order valence-electron chi connectivity index (χ4n) is 3.29. The number of hydrogen-bond donors (Lipinski definition) is 2. The number of carbonyl (C=O) groups is 3. The summed E-state index contributed by atoms with van der Waals surface area (Å²) in [4.78, 5) is 38.5. The van der Waals surface area contributed by atoms with E-state index >= 15 is 0 Å². The van der Waals surface area contributed by atoms with E-state index in [0.29, 0.717) is 18.8 Å². The Labute approximate surface area is 178 Å². The van der Waals surface area contributed by atoms with E-state index in [2.05, 4.69) is 26.6 Å². The van der Waals surface area contributed by atoms with Gasteiger partial charge in [0.15, 0.2) is 0 Å². The predicted molar refractivity (Wildman–Crippen MR) is 115 cm³/mol. The van der Waals surface area contributed by atoms with Crippen molar-refractivity contribution in [2.24, 2.45) is 5.92 Å². The van der Waals surface area contributed by atoms with E-state index in [4.69, 9.17) is 0 Å². The molecule has 0 saturated carbocycles. The van der Waals surface area contributed by atoms with Gasteiger partial charge in [-0.3, -0.25) is 14.4 Å². The third kappa shape index (κ3) is 5.67.